The maximum absolute atomic E-state index is 11.8. The second-order valence-corrected chi connectivity index (χ2v) is 4.31. The van der Waals surface area contributed by atoms with E-state index in [1.165, 1.54) is 18.2 Å². The molecule has 0 atom stereocenters. The molecule has 3 N–H and O–H groups in total. The molecule has 0 fully saturated rings. The Labute approximate surface area is 111 Å². The number of nitrogens with two attached hydrogens (primary N) is 1. The van der Waals surface area contributed by atoms with Gasteiger partial charge in [-0.3, -0.25) is 0 Å². The fourth-order valence-electron chi connectivity index (χ4n) is 1.50. The summed E-state index contributed by atoms with van der Waals surface area (Å²) >= 11 is 11.6. The first-order valence-electron chi connectivity index (χ1n) is 4.70. The van der Waals surface area contributed by atoms with Crippen molar-refractivity contribution in [3.8, 4) is 11.6 Å². The van der Waals surface area contributed by atoms with Crippen LogP contribution in [-0.2, 0) is 0 Å². The van der Waals surface area contributed by atoms with Gasteiger partial charge >= 0.3 is 11.7 Å². The van der Waals surface area contributed by atoms with Crippen molar-refractivity contribution in [3.63, 3.8) is 0 Å². The van der Waals surface area contributed by atoms with E-state index in [0.717, 1.165) is 10.8 Å². The van der Waals surface area contributed by atoms with Gasteiger partial charge in [0.15, 0.2) is 0 Å². The molecular weight excluding hydrogens is 281 g/mol. The first-order chi connectivity index (χ1) is 8.40. The van der Waals surface area contributed by atoms with Gasteiger partial charge in [-0.1, -0.05) is 23.2 Å². The summed E-state index contributed by atoms with van der Waals surface area (Å²) in [6, 6.07) is 3.31. The zero-order chi connectivity index (χ0) is 13.4. The van der Waals surface area contributed by atoms with E-state index in [2.05, 4.69) is 0 Å². The molecule has 1 aromatic carbocycles. The van der Waals surface area contributed by atoms with Gasteiger partial charge in [0.05, 0.1) is 11.9 Å². The lowest BCUT2D eigenvalue weighted by atomic mass is 10.3. The third-order valence-electron chi connectivity index (χ3n) is 2.21. The molecule has 1 amide bonds. The van der Waals surface area contributed by atoms with Crippen LogP contribution in [0.4, 0.5) is 4.79 Å². The molecule has 0 unspecified atom stereocenters. The second kappa shape index (κ2) is 4.40. The van der Waals surface area contributed by atoms with E-state index in [-0.39, 0.29) is 15.7 Å². The van der Waals surface area contributed by atoms with Crippen LogP contribution in [0.5, 0.6) is 5.88 Å². The summed E-state index contributed by atoms with van der Waals surface area (Å²) in [5.74, 6) is -0.447. The minimum Gasteiger partial charge on any atom is -0.493 e. The molecule has 2 aromatic rings. The Morgan fingerprint density at radius 2 is 1.78 bits per heavy atom. The van der Waals surface area contributed by atoms with E-state index >= 15 is 0 Å². The SMILES string of the molecule is NC(=O)n1cc(O)n(-c2cc(Cl)cc(Cl)c2)c1=O. The van der Waals surface area contributed by atoms with Crippen LogP contribution in [0.15, 0.2) is 29.2 Å². The summed E-state index contributed by atoms with van der Waals surface area (Å²) in [6.07, 6.45) is 0.916. The number of nitrogens with zero attached hydrogens (tertiary/aromatic N) is 2. The number of hydrogen-bond donors (Lipinski definition) is 2. The smallest absolute Gasteiger partial charge is 0.344 e. The summed E-state index contributed by atoms with van der Waals surface area (Å²) < 4.78 is 1.44. The van der Waals surface area contributed by atoms with Gasteiger partial charge in [-0.15, -0.1) is 0 Å². The van der Waals surface area contributed by atoms with Crippen LogP contribution >= 0.6 is 23.2 Å². The standard InChI is InChI=1S/C10H7Cl2N3O3/c11-5-1-6(12)3-7(2-5)15-8(16)4-14(9(13)17)10(15)18/h1-4,16H,(H2,13,17). The van der Waals surface area contributed by atoms with Crippen LogP contribution in [0.2, 0.25) is 10.0 Å². The van der Waals surface area contributed by atoms with Crippen molar-refractivity contribution in [1.82, 2.24) is 9.13 Å². The first kappa shape index (κ1) is 12.5. The normalized spacial score (nSPS) is 10.6. The zero-order valence-corrected chi connectivity index (χ0v) is 10.3. The highest BCUT2D eigenvalue weighted by Gasteiger charge is 2.15. The van der Waals surface area contributed by atoms with Crippen molar-refractivity contribution in [2.75, 3.05) is 0 Å². The van der Waals surface area contributed by atoms with Crippen molar-refractivity contribution in [2.45, 2.75) is 0 Å². The Bertz CT molecular complexity index is 670. The molecule has 1 aromatic heterocycles. The maximum atomic E-state index is 11.8. The minimum atomic E-state index is -0.998. The molecule has 1 heterocycles. The lowest BCUT2D eigenvalue weighted by molar-refractivity contribution is 0.249. The summed E-state index contributed by atoms with van der Waals surface area (Å²) in [5.41, 5.74) is 4.41. The van der Waals surface area contributed by atoms with Gasteiger partial charge < -0.3 is 10.8 Å². The fraction of sp³-hybridized carbons (Fsp3) is 0. The average molecular weight is 288 g/mol. The first-order valence-corrected chi connectivity index (χ1v) is 5.45. The Morgan fingerprint density at radius 3 is 2.22 bits per heavy atom. The van der Waals surface area contributed by atoms with Gasteiger partial charge in [-0.05, 0) is 18.2 Å². The number of halogens is 2. The zero-order valence-electron chi connectivity index (χ0n) is 8.80. The van der Waals surface area contributed by atoms with Crippen molar-refractivity contribution in [2.24, 2.45) is 5.73 Å². The average Bonchev–Trinajstić information content (AvgIpc) is 2.52. The van der Waals surface area contributed by atoms with Gasteiger partial charge in [0.25, 0.3) is 0 Å². The molecule has 0 aliphatic rings. The Hall–Kier alpha value is -1.92. The number of imidazole rings is 1. The number of carbonyl (C=O) groups excluding carboxylic acids is 1. The number of rotatable bonds is 1. The van der Waals surface area contributed by atoms with Crippen molar-refractivity contribution in [1.29, 1.82) is 0 Å². The van der Waals surface area contributed by atoms with E-state index in [9.17, 15) is 14.7 Å². The fourth-order valence-corrected chi connectivity index (χ4v) is 2.02. The van der Waals surface area contributed by atoms with Crippen molar-refractivity contribution in [3.05, 3.63) is 44.9 Å². The van der Waals surface area contributed by atoms with E-state index in [1.54, 1.807) is 0 Å². The molecule has 0 bridgehead atoms. The lowest BCUT2D eigenvalue weighted by Crippen LogP contribution is -2.32. The van der Waals surface area contributed by atoms with Crippen LogP contribution in [-0.4, -0.2) is 20.3 Å². The van der Waals surface area contributed by atoms with E-state index in [0.29, 0.717) is 4.57 Å². The highest BCUT2D eigenvalue weighted by molar-refractivity contribution is 6.34. The molecule has 2 rings (SSSR count). The molecule has 18 heavy (non-hydrogen) atoms. The molecule has 0 saturated heterocycles. The quantitative estimate of drug-likeness (QED) is 0.834. The minimum absolute atomic E-state index is 0.231. The summed E-state index contributed by atoms with van der Waals surface area (Å²) in [7, 11) is 0. The van der Waals surface area contributed by atoms with Crippen LogP contribution in [0.25, 0.3) is 5.69 Å². The summed E-state index contributed by atoms with van der Waals surface area (Å²) in [6.45, 7) is 0. The summed E-state index contributed by atoms with van der Waals surface area (Å²) in [4.78, 5) is 22.8. The van der Waals surface area contributed by atoms with Crippen LogP contribution in [0.3, 0.4) is 0 Å². The number of aromatic hydroxyl groups is 1. The topological polar surface area (TPSA) is 90.2 Å². The third-order valence-corrected chi connectivity index (χ3v) is 2.65. The highest BCUT2D eigenvalue weighted by atomic mass is 35.5. The third kappa shape index (κ3) is 2.07. The monoisotopic (exact) mass is 287 g/mol. The molecule has 8 heteroatoms. The molecule has 0 aliphatic heterocycles. The number of hydrogen-bond acceptors (Lipinski definition) is 3. The maximum Gasteiger partial charge on any atom is 0.344 e. The molecule has 0 aliphatic carbocycles. The number of primary amides is 1. The number of aromatic nitrogens is 2. The molecule has 6 nitrogen and oxygen atoms in total. The van der Waals surface area contributed by atoms with Gasteiger partial charge in [0.2, 0.25) is 5.88 Å². The Morgan fingerprint density at radius 1 is 1.22 bits per heavy atom. The second-order valence-electron chi connectivity index (χ2n) is 3.44. The van der Waals surface area contributed by atoms with Gasteiger partial charge in [-0.25, -0.2) is 18.7 Å². The van der Waals surface area contributed by atoms with E-state index in [1.807, 2.05) is 0 Å². The van der Waals surface area contributed by atoms with Gasteiger partial charge in [-0.2, -0.15) is 0 Å². The molecule has 94 valence electrons. The predicted molar refractivity (Wildman–Crippen MR) is 66.7 cm³/mol. The molecule has 0 saturated carbocycles. The Balaban J connectivity index is 2.71. The largest absolute Gasteiger partial charge is 0.493 e. The lowest BCUT2D eigenvalue weighted by Gasteiger charge is -2.04. The number of carbonyl (C=O) groups is 1. The van der Waals surface area contributed by atoms with Crippen LogP contribution in [0.1, 0.15) is 0 Å². The molecule has 0 spiro atoms. The van der Waals surface area contributed by atoms with Crippen LogP contribution in [0, 0.1) is 0 Å². The Kier molecular flexibility index (Phi) is 3.06. The van der Waals surface area contributed by atoms with Crippen molar-refractivity contribution >= 4 is 29.2 Å². The predicted octanol–water partition coefficient (Wildman–Crippen LogP) is 1.58. The van der Waals surface area contributed by atoms with Crippen LogP contribution < -0.4 is 11.4 Å². The van der Waals surface area contributed by atoms with Gasteiger partial charge in [0, 0.05) is 10.0 Å². The summed E-state index contributed by atoms with van der Waals surface area (Å²) in [5, 5.41) is 10.2. The number of amides is 1. The molecular formula is C10H7Cl2N3O3. The van der Waals surface area contributed by atoms with Crippen molar-refractivity contribution < 1.29 is 9.90 Å². The van der Waals surface area contributed by atoms with Gasteiger partial charge in [0.1, 0.15) is 0 Å². The highest BCUT2D eigenvalue weighted by Crippen LogP contribution is 2.23. The van der Waals surface area contributed by atoms with E-state index in [4.69, 9.17) is 28.9 Å². The molecule has 0 radical (unpaired) electrons. The number of benzene rings is 1. The van der Waals surface area contributed by atoms with E-state index < -0.39 is 17.6 Å².